The molecule has 0 amide bonds. The third-order valence-corrected chi connectivity index (χ3v) is 25.0. The first kappa shape index (κ1) is 53.4. The molecule has 3 nitrogen and oxygen atoms in total. The van der Waals surface area contributed by atoms with E-state index in [2.05, 4.69) is 315 Å². The third-order valence-electron chi connectivity index (χ3n) is 16.9. The fraction of sp³-hybridized carbons (Fsp3) is 0.133. The SMILES string of the molecule is Cc1cc(-c2c(C)cccc2C)ccc1-c1c2ccc([Si](C)(C)c3ccccn3)cc2cc[n+]1C.Cc1cc(-c2c(C)cccc2C)ccc1-c1c2ccc([Si](c3ccccc3)(c3ccccc3)c3ccccc3)cc2cc[n+]1C. The quantitative estimate of drug-likeness (QED) is 0.0759. The Morgan fingerprint density at radius 3 is 1.14 bits per heavy atom. The van der Waals surface area contributed by atoms with Gasteiger partial charge in [-0.25, -0.2) is 9.13 Å². The van der Waals surface area contributed by atoms with Crippen LogP contribution in [-0.2, 0) is 14.1 Å². The van der Waals surface area contributed by atoms with Crippen LogP contribution >= 0.6 is 0 Å². The van der Waals surface area contributed by atoms with Crippen molar-refractivity contribution in [2.24, 2.45) is 14.1 Å². The van der Waals surface area contributed by atoms with Gasteiger partial charge in [-0.15, -0.1) is 0 Å². The molecule has 0 aliphatic rings. The van der Waals surface area contributed by atoms with Crippen LogP contribution in [0.5, 0.6) is 0 Å². The van der Waals surface area contributed by atoms with Gasteiger partial charge in [-0.3, -0.25) is 4.98 Å². The molecule has 12 aromatic rings. The monoisotopic (exact) mass is 1070 g/mol. The van der Waals surface area contributed by atoms with E-state index in [-0.39, 0.29) is 0 Å². The standard InChI is InChI=1S/C43H38NSi.C32H33N2Si/c1-31-15-14-16-32(2)42(31)35-23-25-40(33(3)29-35)43-41-26-24-39(30-34(41)27-28-44(43)4)45(36-17-8-5-9-18-36,37-19-10-6-11-20-37)38-21-12-7-13-22-38;1-22-10-9-11-23(2)31(22)26-13-15-28(24(3)20-26)32-29-16-14-27(21-25(29)17-19-34(32)4)35(5,6)30-12-7-8-18-33-30/h5-30H,1-4H3;7-21H,1-6H3/q2*+1. The first-order chi connectivity index (χ1) is 38.7. The summed E-state index contributed by atoms with van der Waals surface area (Å²) in [5, 5.41) is 13.3. The second-order valence-electron chi connectivity index (χ2n) is 22.4. The summed E-state index contributed by atoms with van der Waals surface area (Å²) in [5.74, 6) is 0. The summed E-state index contributed by atoms with van der Waals surface area (Å²) in [4.78, 5) is 4.70. The molecule has 0 unspecified atom stereocenters. The van der Waals surface area contributed by atoms with E-state index < -0.39 is 16.1 Å². The number of fused-ring (bicyclic) bond motifs is 2. The van der Waals surface area contributed by atoms with Crippen molar-refractivity contribution in [3.8, 4) is 44.8 Å². The Morgan fingerprint density at radius 1 is 0.338 bits per heavy atom. The molecule has 3 aromatic heterocycles. The topological polar surface area (TPSA) is 20.6 Å². The first-order valence-electron chi connectivity index (χ1n) is 28.0. The van der Waals surface area contributed by atoms with Crippen LogP contribution in [0.1, 0.15) is 33.4 Å². The van der Waals surface area contributed by atoms with E-state index in [0.717, 1.165) is 0 Å². The van der Waals surface area contributed by atoms with Crippen molar-refractivity contribution in [3.05, 3.63) is 282 Å². The highest BCUT2D eigenvalue weighted by Gasteiger charge is 2.41. The minimum atomic E-state index is -2.60. The average molecular weight is 1070 g/mol. The van der Waals surface area contributed by atoms with Gasteiger partial charge >= 0.3 is 0 Å². The molecule has 392 valence electrons. The maximum Gasteiger partial charge on any atom is 0.220 e. The number of aromatic nitrogens is 3. The fourth-order valence-corrected chi connectivity index (χ4v) is 19.7. The Kier molecular flexibility index (Phi) is 14.9. The minimum absolute atomic E-state index is 1.22. The predicted octanol–water partition coefficient (Wildman–Crippen LogP) is 13.4. The molecular formula is C75H71N3Si2+2. The summed E-state index contributed by atoms with van der Waals surface area (Å²) in [5.41, 5.74) is 18.1. The van der Waals surface area contributed by atoms with Crippen LogP contribution in [0.25, 0.3) is 66.3 Å². The van der Waals surface area contributed by atoms with Crippen molar-refractivity contribution >= 4 is 68.9 Å². The van der Waals surface area contributed by atoms with Crippen molar-refractivity contribution in [1.82, 2.24) is 4.98 Å². The molecule has 0 aliphatic heterocycles. The van der Waals surface area contributed by atoms with E-state index in [9.17, 15) is 0 Å². The van der Waals surface area contributed by atoms with Gasteiger partial charge in [0.2, 0.25) is 11.4 Å². The summed E-state index contributed by atoms with van der Waals surface area (Å²) in [6.45, 7) is 18.1. The number of nitrogens with zero attached hydrogens (tertiary/aromatic N) is 3. The smallest absolute Gasteiger partial charge is 0.220 e. The molecular weight excluding hydrogens is 999 g/mol. The van der Waals surface area contributed by atoms with Gasteiger partial charge in [-0.2, -0.15) is 0 Å². The Bertz CT molecular complexity index is 4090. The Hall–Kier alpha value is -8.62. The molecule has 0 saturated heterocycles. The lowest BCUT2D eigenvalue weighted by Gasteiger charge is -2.34. The van der Waals surface area contributed by atoms with Crippen LogP contribution in [0.3, 0.4) is 0 Å². The highest BCUT2D eigenvalue weighted by atomic mass is 28.3. The number of rotatable bonds is 10. The van der Waals surface area contributed by atoms with Crippen LogP contribution in [0, 0.1) is 41.5 Å². The van der Waals surface area contributed by atoms with Gasteiger partial charge < -0.3 is 0 Å². The molecule has 0 spiro atoms. The second kappa shape index (κ2) is 22.3. The third kappa shape index (κ3) is 9.86. The first-order valence-corrected chi connectivity index (χ1v) is 33.0. The maximum atomic E-state index is 4.70. The summed E-state index contributed by atoms with van der Waals surface area (Å²) < 4.78 is 4.53. The van der Waals surface area contributed by atoms with Gasteiger partial charge in [-0.1, -0.05) is 200 Å². The lowest BCUT2D eigenvalue weighted by Crippen LogP contribution is -2.74. The number of pyridine rings is 3. The fourth-order valence-electron chi connectivity index (χ4n) is 12.7. The van der Waals surface area contributed by atoms with Crippen molar-refractivity contribution in [2.75, 3.05) is 0 Å². The van der Waals surface area contributed by atoms with Gasteiger partial charge in [0.1, 0.15) is 22.2 Å². The van der Waals surface area contributed by atoms with Gasteiger partial charge in [0.05, 0.1) is 10.8 Å². The highest BCUT2D eigenvalue weighted by Crippen LogP contribution is 2.36. The Morgan fingerprint density at radius 2 is 0.738 bits per heavy atom. The van der Waals surface area contributed by atoms with Crippen molar-refractivity contribution in [3.63, 3.8) is 0 Å². The van der Waals surface area contributed by atoms with Gasteiger partial charge in [0.15, 0.2) is 20.5 Å². The number of benzene rings is 9. The average Bonchev–Trinajstić information content (AvgIpc) is 3.66. The van der Waals surface area contributed by atoms with E-state index >= 15 is 0 Å². The summed E-state index contributed by atoms with van der Waals surface area (Å²) in [6.07, 6.45) is 6.32. The van der Waals surface area contributed by atoms with E-state index in [1.165, 1.54) is 131 Å². The van der Waals surface area contributed by atoms with E-state index in [1.54, 1.807) is 0 Å². The van der Waals surface area contributed by atoms with Gasteiger partial charge in [-0.05, 0) is 165 Å². The van der Waals surface area contributed by atoms with Crippen LogP contribution in [0.15, 0.2) is 249 Å². The van der Waals surface area contributed by atoms with Crippen molar-refractivity contribution in [2.45, 2.75) is 54.6 Å². The molecule has 5 heteroatoms. The molecule has 0 saturated carbocycles. The summed E-state index contributed by atoms with van der Waals surface area (Å²) >= 11 is 0. The number of aryl methyl sites for hydroxylation is 8. The van der Waals surface area contributed by atoms with Crippen LogP contribution in [0.4, 0.5) is 0 Å². The molecule has 0 atom stereocenters. The molecule has 80 heavy (non-hydrogen) atoms. The lowest BCUT2D eigenvalue weighted by molar-refractivity contribution is -0.659. The van der Waals surface area contributed by atoms with E-state index in [0.29, 0.717) is 0 Å². The molecule has 9 aromatic carbocycles. The molecule has 0 bridgehead atoms. The van der Waals surface area contributed by atoms with Crippen LogP contribution in [-0.4, -0.2) is 21.1 Å². The van der Waals surface area contributed by atoms with E-state index in [1.807, 2.05) is 12.3 Å². The zero-order chi connectivity index (χ0) is 55.7. The number of hydrogen-bond donors (Lipinski definition) is 0. The lowest BCUT2D eigenvalue weighted by atomic mass is 9.92. The molecule has 3 heterocycles. The second-order valence-corrected chi connectivity index (χ2v) is 30.6. The minimum Gasteiger partial charge on any atom is -0.266 e. The zero-order valence-corrected chi connectivity index (χ0v) is 50.0. The van der Waals surface area contributed by atoms with E-state index in [4.69, 9.17) is 4.98 Å². The Labute approximate surface area is 476 Å². The van der Waals surface area contributed by atoms with Crippen LogP contribution in [0.2, 0.25) is 13.1 Å². The molecule has 0 aliphatic carbocycles. The number of hydrogen-bond acceptors (Lipinski definition) is 1. The predicted molar refractivity (Wildman–Crippen MR) is 345 cm³/mol. The molecule has 0 fully saturated rings. The molecule has 0 radical (unpaired) electrons. The van der Waals surface area contributed by atoms with Gasteiger partial charge in [0, 0.05) is 34.8 Å². The highest BCUT2D eigenvalue weighted by molar-refractivity contribution is 7.20. The van der Waals surface area contributed by atoms with Gasteiger partial charge in [0.25, 0.3) is 0 Å². The zero-order valence-electron chi connectivity index (χ0n) is 48.0. The summed E-state index contributed by atoms with van der Waals surface area (Å²) in [6, 6.07) is 85.5. The van der Waals surface area contributed by atoms with Crippen molar-refractivity contribution in [1.29, 1.82) is 0 Å². The van der Waals surface area contributed by atoms with Crippen molar-refractivity contribution < 1.29 is 9.13 Å². The largest absolute Gasteiger partial charge is 0.266 e. The summed E-state index contributed by atoms with van der Waals surface area (Å²) in [7, 11) is -0.156. The Balaban J connectivity index is 0.000000174. The molecule has 12 rings (SSSR count). The van der Waals surface area contributed by atoms with Crippen LogP contribution < -0.4 is 40.4 Å². The molecule has 0 N–H and O–H groups in total. The maximum absolute atomic E-state index is 4.70. The normalized spacial score (nSPS) is 11.6.